The molecule has 3 rings (SSSR count). The second kappa shape index (κ2) is 8.15. The number of thiophene rings is 1. The van der Waals surface area contributed by atoms with Crippen molar-refractivity contribution in [3.63, 3.8) is 0 Å². The first-order valence-corrected chi connectivity index (χ1v) is 10.3. The van der Waals surface area contributed by atoms with Crippen molar-refractivity contribution in [1.29, 1.82) is 0 Å². The molecule has 0 bridgehead atoms. The zero-order chi connectivity index (χ0) is 17.8. The van der Waals surface area contributed by atoms with Crippen molar-refractivity contribution in [3.05, 3.63) is 52.0 Å². The number of halogens is 1. The summed E-state index contributed by atoms with van der Waals surface area (Å²) in [6.07, 6.45) is 2.24. The molecule has 0 aliphatic heterocycles. The van der Waals surface area contributed by atoms with Gasteiger partial charge in [0, 0.05) is 27.6 Å². The molecule has 3 aromatic rings. The smallest absolute Gasteiger partial charge is 0.192 e. The van der Waals surface area contributed by atoms with Gasteiger partial charge in [-0.05, 0) is 44.0 Å². The molecule has 0 aliphatic carbocycles. The Hall–Kier alpha value is -1.66. The predicted molar refractivity (Wildman–Crippen MR) is 104 cm³/mol. The molecule has 3 nitrogen and oxygen atoms in total. The molecule has 0 saturated carbocycles. The maximum atomic E-state index is 13.3. The first-order chi connectivity index (χ1) is 12.1. The summed E-state index contributed by atoms with van der Waals surface area (Å²) in [6.45, 7) is 6.47. The SMILES string of the molecule is CCCc1cc(-c2nnc(SCc3cccc(F)c3)n2C(C)C)cs1. The highest BCUT2D eigenvalue weighted by atomic mass is 32.2. The fourth-order valence-corrected chi connectivity index (χ4v) is 4.67. The lowest BCUT2D eigenvalue weighted by Gasteiger charge is -2.13. The van der Waals surface area contributed by atoms with Crippen molar-refractivity contribution in [2.45, 2.75) is 50.6 Å². The molecular weight excluding hydrogens is 353 g/mol. The van der Waals surface area contributed by atoms with Gasteiger partial charge in [0.05, 0.1) is 0 Å². The van der Waals surface area contributed by atoms with Gasteiger partial charge in [0.15, 0.2) is 11.0 Å². The summed E-state index contributed by atoms with van der Waals surface area (Å²) in [6, 6.07) is 9.19. The highest BCUT2D eigenvalue weighted by Gasteiger charge is 2.18. The van der Waals surface area contributed by atoms with E-state index in [0.717, 1.165) is 34.9 Å². The second-order valence-corrected chi connectivity index (χ2v) is 8.18. The summed E-state index contributed by atoms with van der Waals surface area (Å²) in [5.74, 6) is 1.38. The van der Waals surface area contributed by atoms with Gasteiger partial charge in [0.1, 0.15) is 5.82 Å². The predicted octanol–water partition coefficient (Wildman–Crippen LogP) is 5.97. The molecule has 0 fully saturated rings. The Labute approximate surface area is 156 Å². The Kier molecular flexibility index (Phi) is 5.91. The third-order valence-electron chi connectivity index (χ3n) is 3.85. The molecule has 0 unspecified atom stereocenters. The molecule has 2 heterocycles. The van der Waals surface area contributed by atoms with Crippen molar-refractivity contribution >= 4 is 23.1 Å². The third kappa shape index (κ3) is 4.30. The normalized spacial score (nSPS) is 11.4. The first kappa shape index (κ1) is 18.1. The van der Waals surface area contributed by atoms with Crippen LogP contribution in [0.1, 0.15) is 43.7 Å². The van der Waals surface area contributed by atoms with Crippen LogP contribution in [0.5, 0.6) is 0 Å². The van der Waals surface area contributed by atoms with Gasteiger partial charge in [-0.15, -0.1) is 21.5 Å². The third-order valence-corrected chi connectivity index (χ3v) is 5.86. The van der Waals surface area contributed by atoms with E-state index in [1.165, 1.54) is 10.9 Å². The van der Waals surface area contributed by atoms with E-state index in [1.807, 2.05) is 6.07 Å². The highest BCUT2D eigenvalue weighted by Crippen LogP contribution is 2.32. The second-order valence-electron chi connectivity index (χ2n) is 6.24. The number of benzene rings is 1. The van der Waals surface area contributed by atoms with Crippen LogP contribution >= 0.6 is 23.1 Å². The molecule has 0 atom stereocenters. The van der Waals surface area contributed by atoms with Crippen molar-refractivity contribution in [2.24, 2.45) is 0 Å². The zero-order valence-corrected chi connectivity index (χ0v) is 16.3. The van der Waals surface area contributed by atoms with E-state index >= 15 is 0 Å². The number of hydrogen-bond acceptors (Lipinski definition) is 4. The lowest BCUT2D eigenvalue weighted by molar-refractivity contribution is 0.555. The minimum Gasteiger partial charge on any atom is -0.299 e. The van der Waals surface area contributed by atoms with Gasteiger partial charge < -0.3 is 0 Å². The lowest BCUT2D eigenvalue weighted by Crippen LogP contribution is -2.04. The van der Waals surface area contributed by atoms with Gasteiger partial charge in [0.25, 0.3) is 0 Å². The quantitative estimate of drug-likeness (QED) is 0.477. The summed E-state index contributed by atoms with van der Waals surface area (Å²) >= 11 is 3.38. The van der Waals surface area contributed by atoms with Gasteiger partial charge in [0.2, 0.25) is 0 Å². The minimum absolute atomic E-state index is 0.203. The van der Waals surface area contributed by atoms with E-state index < -0.39 is 0 Å². The Morgan fingerprint density at radius 3 is 2.80 bits per heavy atom. The Morgan fingerprint density at radius 2 is 2.08 bits per heavy atom. The van der Waals surface area contributed by atoms with Crippen LogP contribution in [-0.4, -0.2) is 14.8 Å². The monoisotopic (exact) mass is 375 g/mol. The molecule has 6 heteroatoms. The van der Waals surface area contributed by atoms with Crippen LogP contribution in [0.15, 0.2) is 40.9 Å². The van der Waals surface area contributed by atoms with Crippen LogP contribution in [0, 0.1) is 5.82 Å². The maximum absolute atomic E-state index is 13.3. The highest BCUT2D eigenvalue weighted by molar-refractivity contribution is 7.98. The van der Waals surface area contributed by atoms with E-state index in [2.05, 4.69) is 47.0 Å². The van der Waals surface area contributed by atoms with E-state index in [4.69, 9.17) is 0 Å². The molecule has 2 aromatic heterocycles. The first-order valence-electron chi connectivity index (χ1n) is 8.48. The van der Waals surface area contributed by atoms with Crippen LogP contribution in [0.2, 0.25) is 0 Å². The molecule has 0 N–H and O–H groups in total. The molecule has 132 valence electrons. The molecule has 0 amide bonds. The van der Waals surface area contributed by atoms with Gasteiger partial charge in [-0.3, -0.25) is 4.57 Å². The van der Waals surface area contributed by atoms with Crippen molar-refractivity contribution < 1.29 is 4.39 Å². The van der Waals surface area contributed by atoms with Crippen LogP contribution in [-0.2, 0) is 12.2 Å². The molecule has 0 spiro atoms. The summed E-state index contributed by atoms with van der Waals surface area (Å²) in [5.41, 5.74) is 2.08. The maximum Gasteiger partial charge on any atom is 0.192 e. The van der Waals surface area contributed by atoms with Gasteiger partial charge in [-0.2, -0.15) is 0 Å². The Morgan fingerprint density at radius 1 is 1.24 bits per heavy atom. The Balaban J connectivity index is 1.84. The number of aryl methyl sites for hydroxylation is 1. The zero-order valence-electron chi connectivity index (χ0n) is 14.7. The minimum atomic E-state index is -0.203. The number of thioether (sulfide) groups is 1. The number of aromatic nitrogens is 3. The summed E-state index contributed by atoms with van der Waals surface area (Å²) in [7, 11) is 0. The Bertz CT molecular complexity index is 839. The van der Waals surface area contributed by atoms with Gasteiger partial charge in [-0.1, -0.05) is 37.2 Å². The van der Waals surface area contributed by atoms with Crippen LogP contribution in [0.25, 0.3) is 11.4 Å². The molecule has 0 aliphatic rings. The van der Waals surface area contributed by atoms with E-state index in [0.29, 0.717) is 5.75 Å². The average Bonchev–Trinajstić information content (AvgIpc) is 3.19. The van der Waals surface area contributed by atoms with Crippen molar-refractivity contribution in [2.75, 3.05) is 0 Å². The van der Waals surface area contributed by atoms with Crippen LogP contribution in [0.4, 0.5) is 4.39 Å². The fraction of sp³-hybridized carbons (Fsp3) is 0.368. The molecule has 1 aromatic carbocycles. The summed E-state index contributed by atoms with van der Waals surface area (Å²) in [5, 5.41) is 11.9. The number of rotatable bonds is 7. The standard InChI is InChI=1S/C19H22FN3S2/c1-4-6-17-10-15(12-24-17)18-21-22-19(23(18)13(2)3)25-11-14-7-5-8-16(20)9-14/h5,7-10,12-13H,4,6,11H2,1-3H3. The van der Waals surface area contributed by atoms with Crippen LogP contribution < -0.4 is 0 Å². The fourth-order valence-electron chi connectivity index (χ4n) is 2.69. The number of nitrogens with zero attached hydrogens (tertiary/aromatic N) is 3. The molecule has 25 heavy (non-hydrogen) atoms. The molecular formula is C19H22FN3S2. The topological polar surface area (TPSA) is 30.7 Å². The summed E-state index contributed by atoms with van der Waals surface area (Å²) in [4.78, 5) is 1.38. The van der Waals surface area contributed by atoms with E-state index in [9.17, 15) is 4.39 Å². The largest absolute Gasteiger partial charge is 0.299 e. The van der Waals surface area contributed by atoms with Gasteiger partial charge in [-0.25, -0.2) is 4.39 Å². The lowest BCUT2D eigenvalue weighted by atomic mass is 10.2. The van der Waals surface area contributed by atoms with Gasteiger partial charge >= 0.3 is 0 Å². The number of hydrogen-bond donors (Lipinski definition) is 0. The molecule has 0 radical (unpaired) electrons. The molecule has 0 saturated heterocycles. The van der Waals surface area contributed by atoms with Crippen LogP contribution in [0.3, 0.4) is 0 Å². The summed E-state index contributed by atoms with van der Waals surface area (Å²) < 4.78 is 15.5. The van der Waals surface area contributed by atoms with E-state index in [-0.39, 0.29) is 11.9 Å². The van der Waals surface area contributed by atoms with E-state index in [1.54, 1.807) is 35.2 Å². The van der Waals surface area contributed by atoms with Crippen molar-refractivity contribution in [3.8, 4) is 11.4 Å². The van der Waals surface area contributed by atoms with Crippen molar-refractivity contribution in [1.82, 2.24) is 14.8 Å². The average molecular weight is 376 g/mol.